The van der Waals surface area contributed by atoms with Crippen molar-refractivity contribution >= 4 is 41.2 Å². The van der Waals surface area contributed by atoms with Crippen molar-refractivity contribution in [3.63, 3.8) is 0 Å². The number of alkyl carbamates (subject to hydrolysis) is 1. The molecule has 2 atom stereocenters. The topological polar surface area (TPSA) is 186 Å². The number of rotatable bonds is 11. The van der Waals surface area contributed by atoms with Crippen LogP contribution in [0.1, 0.15) is 63.0 Å². The van der Waals surface area contributed by atoms with Crippen LogP contribution in [0.2, 0.25) is 5.02 Å². The summed E-state index contributed by atoms with van der Waals surface area (Å²) < 4.78 is 17.0. The van der Waals surface area contributed by atoms with Crippen LogP contribution in [0.5, 0.6) is 5.75 Å². The smallest absolute Gasteiger partial charge is 0.408 e. The van der Waals surface area contributed by atoms with E-state index in [1.54, 1.807) is 39.8 Å². The van der Waals surface area contributed by atoms with Crippen molar-refractivity contribution in [2.45, 2.75) is 58.2 Å². The van der Waals surface area contributed by atoms with Crippen LogP contribution >= 0.6 is 11.6 Å². The molecule has 0 saturated heterocycles. The van der Waals surface area contributed by atoms with Gasteiger partial charge in [-0.05, 0) is 76.6 Å². The summed E-state index contributed by atoms with van der Waals surface area (Å²) in [6.45, 7) is 7.05. The number of carboxylic acid groups (broad SMARTS) is 1. The maximum Gasteiger partial charge on any atom is 0.408 e. The van der Waals surface area contributed by atoms with E-state index in [2.05, 4.69) is 16.7 Å². The predicted octanol–water partition coefficient (Wildman–Crippen LogP) is 5.16. The molecule has 0 bridgehead atoms. The lowest BCUT2D eigenvalue weighted by Gasteiger charge is -2.28. The number of nitrogens with one attached hydrogen (secondary N) is 2. The van der Waals surface area contributed by atoms with Gasteiger partial charge in [0.2, 0.25) is 5.91 Å². The molecule has 3 N–H and O–H groups in total. The van der Waals surface area contributed by atoms with Crippen molar-refractivity contribution in [2.24, 2.45) is 0 Å². The highest BCUT2D eigenvalue weighted by molar-refractivity contribution is 6.31. The Balaban J connectivity index is 1.74. The van der Waals surface area contributed by atoms with Crippen LogP contribution in [-0.2, 0) is 19.1 Å². The van der Waals surface area contributed by atoms with Crippen LogP contribution in [0, 0.1) is 11.3 Å². The van der Waals surface area contributed by atoms with Crippen LogP contribution in [0.4, 0.5) is 10.5 Å². The highest BCUT2D eigenvalue weighted by Crippen LogP contribution is 2.33. The fraction of sp³-hybridized carbons (Fsp3) is 0.333. The van der Waals surface area contributed by atoms with Gasteiger partial charge in [0.25, 0.3) is 5.56 Å². The minimum absolute atomic E-state index is 0.0503. The van der Waals surface area contributed by atoms with E-state index in [-0.39, 0.29) is 23.3 Å². The average Bonchev–Trinajstić information content (AvgIpc) is 3.00. The number of aliphatic carboxylic acids is 1. The number of ether oxygens (including phenoxy) is 3. The van der Waals surface area contributed by atoms with Gasteiger partial charge in [-0.15, -0.1) is 0 Å². The number of benzene rings is 2. The Labute approximate surface area is 276 Å². The molecule has 2 aromatic carbocycles. The fourth-order valence-electron chi connectivity index (χ4n) is 4.38. The van der Waals surface area contributed by atoms with Gasteiger partial charge in [-0.3, -0.25) is 14.2 Å². The summed E-state index contributed by atoms with van der Waals surface area (Å²) in [6, 6.07) is 12.6. The van der Waals surface area contributed by atoms with Gasteiger partial charge in [0.15, 0.2) is 5.54 Å². The van der Waals surface area contributed by atoms with Crippen molar-refractivity contribution in [2.75, 3.05) is 19.0 Å². The number of nitrogens with zero attached hydrogens (tertiary/aromatic N) is 2. The molecule has 1 aromatic heterocycles. The number of aromatic nitrogens is 1. The molecule has 0 aliphatic carbocycles. The molecule has 248 valence electrons. The van der Waals surface area contributed by atoms with E-state index in [1.807, 2.05) is 0 Å². The van der Waals surface area contributed by atoms with Gasteiger partial charge in [0.05, 0.1) is 30.5 Å². The number of methoxy groups -OCH3 is 1. The third kappa shape index (κ3) is 9.11. The summed E-state index contributed by atoms with van der Waals surface area (Å²) in [5, 5.41) is 24.5. The van der Waals surface area contributed by atoms with Crippen LogP contribution in [-0.4, -0.2) is 58.5 Å². The average molecular weight is 667 g/mol. The van der Waals surface area contributed by atoms with Crippen LogP contribution < -0.4 is 20.9 Å². The minimum Gasteiger partial charge on any atom is -0.495 e. The molecular weight excluding hydrogens is 632 g/mol. The van der Waals surface area contributed by atoms with Crippen molar-refractivity contribution in [3.8, 4) is 22.9 Å². The highest BCUT2D eigenvalue weighted by Gasteiger charge is 2.38. The number of esters is 1. The Hall–Kier alpha value is -5.35. The second-order valence-electron chi connectivity index (χ2n) is 11.6. The molecule has 1 unspecified atom stereocenters. The third-order valence-electron chi connectivity index (χ3n) is 6.81. The van der Waals surface area contributed by atoms with E-state index in [0.29, 0.717) is 21.8 Å². The molecule has 2 amide bonds. The summed E-state index contributed by atoms with van der Waals surface area (Å²) in [5.74, 6) is -2.59. The zero-order chi connectivity index (χ0) is 35.1. The van der Waals surface area contributed by atoms with Crippen molar-refractivity contribution in [1.29, 1.82) is 5.26 Å². The first-order valence-electron chi connectivity index (χ1n) is 14.3. The first kappa shape index (κ1) is 36.1. The number of carboxylic acids is 1. The van der Waals surface area contributed by atoms with Gasteiger partial charge in [0, 0.05) is 27.9 Å². The summed E-state index contributed by atoms with van der Waals surface area (Å²) in [4.78, 5) is 63.2. The molecule has 3 rings (SSSR count). The molecule has 0 aliphatic rings. The van der Waals surface area contributed by atoms with E-state index in [9.17, 15) is 34.3 Å². The summed E-state index contributed by atoms with van der Waals surface area (Å²) in [6.07, 6.45) is 0.642. The quantitative estimate of drug-likeness (QED) is 0.231. The van der Waals surface area contributed by atoms with E-state index in [0.717, 1.165) is 0 Å². The summed E-state index contributed by atoms with van der Waals surface area (Å²) >= 11 is 6.14. The number of halogens is 1. The van der Waals surface area contributed by atoms with Gasteiger partial charge in [0.1, 0.15) is 24.0 Å². The molecule has 0 fully saturated rings. The lowest BCUT2D eigenvalue weighted by molar-refractivity contribution is -0.145. The zero-order valence-electron chi connectivity index (χ0n) is 26.7. The monoisotopic (exact) mass is 666 g/mol. The molecule has 1 heterocycles. The number of amides is 2. The highest BCUT2D eigenvalue weighted by atomic mass is 35.5. The largest absolute Gasteiger partial charge is 0.495 e. The van der Waals surface area contributed by atoms with Crippen LogP contribution in [0.15, 0.2) is 59.5 Å². The molecule has 0 spiro atoms. The van der Waals surface area contributed by atoms with E-state index in [4.69, 9.17) is 25.8 Å². The van der Waals surface area contributed by atoms with Gasteiger partial charge in [-0.1, -0.05) is 18.5 Å². The molecule has 0 radical (unpaired) electrons. The first-order chi connectivity index (χ1) is 22.0. The predicted molar refractivity (Wildman–Crippen MR) is 173 cm³/mol. The maximum absolute atomic E-state index is 13.3. The Bertz CT molecular complexity index is 1770. The molecule has 13 nitrogen and oxygen atoms in total. The molecule has 47 heavy (non-hydrogen) atoms. The normalized spacial score (nSPS) is 12.9. The van der Waals surface area contributed by atoms with E-state index < -0.39 is 53.3 Å². The number of pyridine rings is 1. The summed E-state index contributed by atoms with van der Waals surface area (Å²) in [5.41, 5.74) is -1.96. The van der Waals surface area contributed by atoms with Gasteiger partial charge in [-0.2, -0.15) is 5.26 Å². The Morgan fingerprint density at radius 2 is 1.70 bits per heavy atom. The van der Waals surface area contributed by atoms with Crippen molar-refractivity contribution in [1.82, 2.24) is 9.88 Å². The number of nitriles is 1. The third-order valence-corrected chi connectivity index (χ3v) is 7.05. The van der Waals surface area contributed by atoms with Gasteiger partial charge in [-0.25, -0.2) is 14.4 Å². The maximum atomic E-state index is 13.3. The van der Waals surface area contributed by atoms with E-state index in [1.165, 1.54) is 61.2 Å². The molecular formula is C33H35ClN4O9. The van der Waals surface area contributed by atoms with Crippen molar-refractivity contribution < 1.29 is 38.5 Å². The number of carbonyl (C=O) groups is 4. The van der Waals surface area contributed by atoms with Crippen LogP contribution in [0.3, 0.4) is 0 Å². The van der Waals surface area contributed by atoms with Crippen LogP contribution in [0.25, 0.3) is 11.1 Å². The lowest BCUT2D eigenvalue weighted by Crippen LogP contribution is -2.56. The Morgan fingerprint density at radius 1 is 1.04 bits per heavy atom. The summed E-state index contributed by atoms with van der Waals surface area (Å²) in [7, 11) is 1.40. The van der Waals surface area contributed by atoms with E-state index >= 15 is 0 Å². The van der Waals surface area contributed by atoms with Gasteiger partial charge < -0.3 is 30.0 Å². The second-order valence-corrected chi connectivity index (χ2v) is 12.1. The number of hydrogen-bond acceptors (Lipinski definition) is 9. The first-order valence-corrected chi connectivity index (χ1v) is 14.7. The SMILES string of the molecule is CCC(C(=O)Nc1ccc(C(=O)OC[C@](C)(NC(=O)OC(C)(C)C)C(=O)O)cc1)n1cc(OC)c(-c2cc(Cl)ccc2C#N)cc1=O. The number of anilines is 1. The fourth-order valence-corrected chi connectivity index (χ4v) is 4.55. The second kappa shape index (κ2) is 14.8. The molecule has 14 heteroatoms. The Morgan fingerprint density at radius 3 is 2.26 bits per heavy atom. The Kier molecular flexibility index (Phi) is 11.4. The minimum atomic E-state index is -1.97. The molecule has 0 saturated carbocycles. The van der Waals surface area contributed by atoms with Crippen molar-refractivity contribution in [3.05, 3.63) is 81.2 Å². The lowest BCUT2D eigenvalue weighted by atomic mass is 10.00. The standard InChI is InChI=1S/C33H35ClN4O9/c1-7-25(38-17-26(45-6)24(15-27(38)39)23-14-21(34)11-8-20(23)16-35)28(40)36-22-12-9-19(10-13-22)29(41)46-18-33(5,30(42)43)37-31(44)47-32(2,3)4/h8-15,17,25H,7,18H2,1-6H3,(H,36,40)(H,37,44)(H,42,43)/t25?,33-/m0/s1. The van der Waals surface area contributed by atoms with Gasteiger partial charge >= 0.3 is 18.0 Å². The number of carbonyl (C=O) groups excluding carboxylic acids is 3. The molecule has 0 aliphatic heterocycles. The zero-order valence-corrected chi connectivity index (χ0v) is 27.4. The number of hydrogen-bond donors (Lipinski definition) is 3. The molecule has 3 aromatic rings.